The summed E-state index contributed by atoms with van der Waals surface area (Å²) in [4.78, 5) is 10.7. The highest BCUT2D eigenvalue weighted by Crippen LogP contribution is 2.32. The fourth-order valence-electron chi connectivity index (χ4n) is 2.67. The molecule has 3 nitrogen and oxygen atoms in total. The molecule has 0 saturated carbocycles. The molecule has 1 aromatic carbocycles. The van der Waals surface area contributed by atoms with Crippen LogP contribution in [0.5, 0.6) is 0 Å². The lowest BCUT2D eigenvalue weighted by Crippen LogP contribution is -2.35. The molecule has 2 rings (SSSR count). The van der Waals surface area contributed by atoms with Gasteiger partial charge in [0.2, 0.25) is 0 Å². The molecule has 0 bridgehead atoms. The first-order chi connectivity index (χ1) is 8.27. The molecule has 2 N–H and O–H groups in total. The number of nitrogens with one attached hydrogen (secondary N) is 1. The summed E-state index contributed by atoms with van der Waals surface area (Å²) in [6.45, 7) is 1.97. The first kappa shape index (κ1) is 15.0. The third-order valence-corrected chi connectivity index (χ3v) is 3.56. The zero-order valence-corrected chi connectivity index (χ0v) is 11.2. The predicted molar refractivity (Wildman–Crippen MR) is 74.3 cm³/mol. The molecular weight excluding hydrogens is 250 g/mol. The van der Waals surface area contributed by atoms with Crippen molar-refractivity contribution in [2.45, 2.75) is 25.2 Å². The summed E-state index contributed by atoms with van der Waals surface area (Å²) in [6, 6.07) is 10.5. The number of hydrogen-bond donors (Lipinski definition) is 2. The molecule has 1 fully saturated rings. The van der Waals surface area contributed by atoms with E-state index in [1.807, 2.05) is 6.07 Å². The molecule has 1 aliphatic heterocycles. The number of halogens is 1. The van der Waals surface area contributed by atoms with Gasteiger partial charge >= 0.3 is 5.97 Å². The molecule has 0 radical (unpaired) electrons. The van der Waals surface area contributed by atoms with Crippen LogP contribution in [0.2, 0.25) is 0 Å². The van der Waals surface area contributed by atoms with Gasteiger partial charge in [0.15, 0.2) is 0 Å². The summed E-state index contributed by atoms with van der Waals surface area (Å²) < 4.78 is 0. The van der Waals surface area contributed by atoms with E-state index < -0.39 is 5.97 Å². The highest BCUT2D eigenvalue weighted by molar-refractivity contribution is 5.85. The molecule has 1 aromatic rings. The molecule has 1 aliphatic rings. The number of carboxylic acid groups (broad SMARTS) is 1. The van der Waals surface area contributed by atoms with Crippen LogP contribution in [0.15, 0.2) is 30.3 Å². The van der Waals surface area contributed by atoms with Crippen molar-refractivity contribution in [1.29, 1.82) is 0 Å². The summed E-state index contributed by atoms with van der Waals surface area (Å²) in [5, 5.41) is 12.1. The Kier molecular flexibility index (Phi) is 6.16. The number of rotatable bonds is 4. The van der Waals surface area contributed by atoms with Gasteiger partial charge < -0.3 is 10.4 Å². The van der Waals surface area contributed by atoms with Gasteiger partial charge in [-0.15, -0.1) is 12.4 Å². The van der Waals surface area contributed by atoms with Gasteiger partial charge in [0.1, 0.15) is 0 Å². The van der Waals surface area contributed by atoms with Crippen molar-refractivity contribution >= 4 is 18.4 Å². The molecule has 0 aromatic heterocycles. The lowest BCUT2D eigenvalue weighted by atomic mass is 9.79. The van der Waals surface area contributed by atoms with E-state index in [1.54, 1.807) is 0 Å². The number of carbonyl (C=O) groups is 1. The minimum atomic E-state index is -0.692. The van der Waals surface area contributed by atoms with E-state index in [9.17, 15) is 4.79 Å². The summed E-state index contributed by atoms with van der Waals surface area (Å²) in [7, 11) is 0. The van der Waals surface area contributed by atoms with Crippen LogP contribution in [0.1, 0.15) is 30.7 Å². The Morgan fingerprint density at radius 3 is 2.72 bits per heavy atom. The van der Waals surface area contributed by atoms with Crippen molar-refractivity contribution in [3.63, 3.8) is 0 Å². The predicted octanol–water partition coefficient (Wildman–Crippen LogP) is 2.67. The maximum absolute atomic E-state index is 10.7. The van der Waals surface area contributed by atoms with Gasteiger partial charge in [0, 0.05) is 6.42 Å². The standard InChI is InChI=1S/C14H19NO2.ClH/c16-14(17)7-6-12-10-15-9-8-13(12)11-4-2-1-3-5-11;/h1-5,12-13,15H,6-10H2,(H,16,17);1H/t12-,13-;/m1./s1. The summed E-state index contributed by atoms with van der Waals surface area (Å²) in [6.07, 6.45) is 2.14. The van der Waals surface area contributed by atoms with Crippen molar-refractivity contribution in [3.05, 3.63) is 35.9 Å². The largest absolute Gasteiger partial charge is 0.481 e. The number of carboxylic acids is 1. The second kappa shape index (κ2) is 7.39. The van der Waals surface area contributed by atoms with E-state index in [4.69, 9.17) is 5.11 Å². The monoisotopic (exact) mass is 269 g/mol. The summed E-state index contributed by atoms with van der Waals surface area (Å²) in [5.74, 6) is 0.265. The van der Waals surface area contributed by atoms with Gasteiger partial charge in [0.05, 0.1) is 0 Å². The van der Waals surface area contributed by atoms with Gasteiger partial charge in [-0.25, -0.2) is 0 Å². The smallest absolute Gasteiger partial charge is 0.303 e. The first-order valence-corrected chi connectivity index (χ1v) is 6.25. The SMILES string of the molecule is Cl.O=C(O)CC[C@@H]1CNCC[C@@H]1c1ccccc1. The Balaban J connectivity index is 0.00000162. The Hall–Kier alpha value is -1.06. The van der Waals surface area contributed by atoms with Crippen LogP contribution in [0.25, 0.3) is 0 Å². The zero-order valence-electron chi connectivity index (χ0n) is 10.3. The average molecular weight is 270 g/mol. The van der Waals surface area contributed by atoms with Gasteiger partial charge in [-0.3, -0.25) is 4.79 Å². The highest BCUT2D eigenvalue weighted by Gasteiger charge is 2.26. The molecule has 0 amide bonds. The number of piperidine rings is 1. The zero-order chi connectivity index (χ0) is 12.1. The first-order valence-electron chi connectivity index (χ1n) is 6.25. The quantitative estimate of drug-likeness (QED) is 0.884. The van der Waals surface area contributed by atoms with Gasteiger partial charge in [-0.05, 0) is 43.3 Å². The second-order valence-corrected chi connectivity index (χ2v) is 4.70. The van der Waals surface area contributed by atoms with Gasteiger partial charge in [-0.1, -0.05) is 30.3 Å². The van der Waals surface area contributed by atoms with Crippen LogP contribution in [-0.4, -0.2) is 24.2 Å². The van der Waals surface area contributed by atoms with E-state index in [0.717, 1.165) is 25.9 Å². The van der Waals surface area contributed by atoms with Crippen LogP contribution in [0, 0.1) is 5.92 Å². The van der Waals surface area contributed by atoms with Crippen LogP contribution < -0.4 is 5.32 Å². The normalized spacial score (nSPS) is 23.1. The molecule has 0 spiro atoms. The van der Waals surface area contributed by atoms with Gasteiger partial charge in [0.25, 0.3) is 0 Å². The minimum absolute atomic E-state index is 0. The highest BCUT2D eigenvalue weighted by atomic mass is 35.5. The van der Waals surface area contributed by atoms with Crippen LogP contribution in [0.4, 0.5) is 0 Å². The fraction of sp³-hybridized carbons (Fsp3) is 0.500. The molecule has 100 valence electrons. The molecule has 1 saturated heterocycles. The van der Waals surface area contributed by atoms with Crippen LogP contribution >= 0.6 is 12.4 Å². The molecule has 2 atom stereocenters. The third kappa shape index (κ3) is 4.00. The van der Waals surface area contributed by atoms with Gasteiger partial charge in [-0.2, -0.15) is 0 Å². The summed E-state index contributed by atoms with van der Waals surface area (Å²) in [5.41, 5.74) is 1.35. The van der Waals surface area contributed by atoms with E-state index in [2.05, 4.69) is 29.6 Å². The Bertz CT molecular complexity index is 369. The van der Waals surface area contributed by atoms with Crippen LogP contribution in [-0.2, 0) is 4.79 Å². The van der Waals surface area contributed by atoms with Crippen molar-refractivity contribution in [3.8, 4) is 0 Å². The van der Waals surface area contributed by atoms with E-state index >= 15 is 0 Å². The average Bonchev–Trinajstić information content (AvgIpc) is 2.38. The fourth-order valence-corrected chi connectivity index (χ4v) is 2.67. The Morgan fingerprint density at radius 2 is 2.06 bits per heavy atom. The minimum Gasteiger partial charge on any atom is -0.481 e. The third-order valence-electron chi connectivity index (χ3n) is 3.56. The second-order valence-electron chi connectivity index (χ2n) is 4.70. The Morgan fingerprint density at radius 1 is 1.33 bits per heavy atom. The van der Waals surface area contributed by atoms with E-state index in [-0.39, 0.29) is 18.8 Å². The molecule has 18 heavy (non-hydrogen) atoms. The van der Waals surface area contributed by atoms with E-state index in [0.29, 0.717) is 11.8 Å². The maximum Gasteiger partial charge on any atom is 0.303 e. The van der Waals surface area contributed by atoms with Crippen molar-refractivity contribution in [2.24, 2.45) is 5.92 Å². The van der Waals surface area contributed by atoms with Crippen LogP contribution in [0.3, 0.4) is 0 Å². The number of aliphatic carboxylic acids is 1. The number of hydrogen-bond acceptors (Lipinski definition) is 2. The Labute approximate surface area is 114 Å². The van der Waals surface area contributed by atoms with Crippen molar-refractivity contribution in [1.82, 2.24) is 5.32 Å². The summed E-state index contributed by atoms with van der Waals surface area (Å²) >= 11 is 0. The van der Waals surface area contributed by atoms with E-state index in [1.165, 1.54) is 5.56 Å². The molecular formula is C14H20ClNO2. The topological polar surface area (TPSA) is 49.3 Å². The molecule has 0 unspecified atom stereocenters. The van der Waals surface area contributed by atoms with Crippen molar-refractivity contribution < 1.29 is 9.90 Å². The molecule has 4 heteroatoms. The maximum atomic E-state index is 10.7. The van der Waals surface area contributed by atoms with Crippen molar-refractivity contribution in [2.75, 3.05) is 13.1 Å². The lowest BCUT2D eigenvalue weighted by Gasteiger charge is -2.32. The number of benzene rings is 1. The lowest BCUT2D eigenvalue weighted by molar-refractivity contribution is -0.137. The molecule has 0 aliphatic carbocycles. The molecule has 1 heterocycles.